The van der Waals surface area contributed by atoms with Gasteiger partial charge in [-0.15, -0.1) is 0 Å². The van der Waals surface area contributed by atoms with Gasteiger partial charge in [-0.25, -0.2) is 8.42 Å². The molecule has 0 saturated carbocycles. The highest BCUT2D eigenvalue weighted by Gasteiger charge is 2.38. The number of sulfonamides is 1. The van der Waals surface area contributed by atoms with Crippen molar-refractivity contribution in [3.63, 3.8) is 0 Å². The first kappa shape index (κ1) is 15.0. The van der Waals surface area contributed by atoms with Crippen LogP contribution in [-0.2, 0) is 16.4 Å². The van der Waals surface area contributed by atoms with E-state index >= 15 is 0 Å². The zero-order valence-corrected chi connectivity index (χ0v) is 14.1. The van der Waals surface area contributed by atoms with Gasteiger partial charge < -0.3 is 8.94 Å². The normalized spacial score (nSPS) is 17.2. The van der Waals surface area contributed by atoms with Gasteiger partial charge >= 0.3 is 0 Å². The fraction of sp³-hybridized carbons (Fsp3) is 0.235. The number of furan rings is 1. The molecule has 1 aliphatic heterocycles. The Hall–Kier alpha value is -2.54. The predicted molar refractivity (Wildman–Crippen MR) is 88.2 cm³/mol. The van der Waals surface area contributed by atoms with Gasteiger partial charge in [0, 0.05) is 18.2 Å². The molecule has 3 aromatic rings. The molecule has 4 rings (SSSR count). The summed E-state index contributed by atoms with van der Waals surface area (Å²) in [6.45, 7) is 3.55. The molecule has 3 heterocycles. The molecule has 0 N–H and O–H groups in total. The van der Waals surface area contributed by atoms with Crippen molar-refractivity contribution in [1.29, 1.82) is 0 Å². The lowest BCUT2D eigenvalue weighted by molar-refractivity contribution is 0.414. The van der Waals surface area contributed by atoms with Gasteiger partial charge in [0.05, 0.1) is 11.9 Å². The Morgan fingerprint density at radius 3 is 2.75 bits per heavy atom. The van der Waals surface area contributed by atoms with Crippen LogP contribution in [0.1, 0.15) is 18.2 Å². The van der Waals surface area contributed by atoms with Crippen LogP contribution in [0, 0.1) is 6.92 Å². The summed E-state index contributed by atoms with van der Waals surface area (Å²) in [7, 11) is -3.72. The Balaban J connectivity index is 1.82. The molecule has 0 amide bonds. The third kappa shape index (κ3) is 2.16. The monoisotopic (exact) mass is 344 g/mol. The number of nitrogens with zero attached hydrogens (tertiary/aromatic N) is 2. The largest absolute Gasteiger partial charge is 0.456 e. The van der Waals surface area contributed by atoms with Crippen molar-refractivity contribution in [3.05, 3.63) is 53.9 Å². The summed E-state index contributed by atoms with van der Waals surface area (Å²) in [5.74, 6) is 1.08. The van der Waals surface area contributed by atoms with Crippen LogP contribution in [0.25, 0.3) is 11.5 Å². The third-order valence-electron chi connectivity index (χ3n) is 4.23. The molecule has 0 spiro atoms. The van der Waals surface area contributed by atoms with Crippen LogP contribution in [0.15, 0.2) is 56.4 Å². The van der Waals surface area contributed by atoms with Gasteiger partial charge in [0.15, 0.2) is 5.76 Å². The molecule has 124 valence electrons. The second kappa shape index (κ2) is 5.24. The zero-order chi connectivity index (χ0) is 16.9. The van der Waals surface area contributed by atoms with E-state index in [1.54, 1.807) is 13.0 Å². The van der Waals surface area contributed by atoms with Crippen molar-refractivity contribution in [3.8, 4) is 11.5 Å². The highest BCUT2D eigenvalue weighted by molar-refractivity contribution is 7.93. The maximum absolute atomic E-state index is 13.2. The van der Waals surface area contributed by atoms with Crippen molar-refractivity contribution in [2.24, 2.45) is 0 Å². The SMILES string of the molecule is Cc1oc(-c2ccno2)cc1S(=O)(=O)N1c2ccccc2CC1C. The average Bonchev–Trinajstić information content (AvgIpc) is 3.23. The molecule has 0 aliphatic carbocycles. The Morgan fingerprint density at radius 1 is 1.21 bits per heavy atom. The maximum Gasteiger partial charge on any atom is 0.268 e. The van der Waals surface area contributed by atoms with E-state index < -0.39 is 10.0 Å². The minimum absolute atomic E-state index is 0.143. The molecule has 24 heavy (non-hydrogen) atoms. The number of para-hydroxylation sites is 1. The van der Waals surface area contributed by atoms with E-state index in [1.807, 2.05) is 31.2 Å². The number of aromatic nitrogens is 1. The Bertz CT molecular complexity index is 990. The van der Waals surface area contributed by atoms with Crippen LogP contribution in [0.5, 0.6) is 0 Å². The second-order valence-corrected chi connectivity index (χ2v) is 7.67. The molecular formula is C17H16N2O4S. The fourth-order valence-corrected chi connectivity index (χ4v) is 5.05. The molecule has 2 aromatic heterocycles. The molecule has 0 saturated heterocycles. The highest BCUT2D eigenvalue weighted by atomic mass is 32.2. The molecule has 6 nitrogen and oxygen atoms in total. The minimum atomic E-state index is -3.72. The van der Waals surface area contributed by atoms with Crippen LogP contribution in [0.4, 0.5) is 5.69 Å². The predicted octanol–water partition coefficient (Wildman–Crippen LogP) is 3.38. The first-order valence-electron chi connectivity index (χ1n) is 7.62. The smallest absolute Gasteiger partial charge is 0.268 e. The molecule has 1 aliphatic rings. The quantitative estimate of drug-likeness (QED) is 0.728. The molecule has 0 radical (unpaired) electrons. The lowest BCUT2D eigenvalue weighted by atomic mass is 10.1. The first-order valence-corrected chi connectivity index (χ1v) is 9.06. The van der Waals surface area contributed by atoms with Crippen LogP contribution in [0.2, 0.25) is 0 Å². The summed E-state index contributed by atoms with van der Waals surface area (Å²) in [6, 6.07) is 10.6. The van der Waals surface area contributed by atoms with Crippen molar-refractivity contribution in [2.45, 2.75) is 31.2 Å². The van der Waals surface area contributed by atoms with Gasteiger partial charge in [-0.1, -0.05) is 23.4 Å². The number of benzene rings is 1. The van der Waals surface area contributed by atoms with Crippen molar-refractivity contribution < 1.29 is 17.4 Å². The number of anilines is 1. The Kier molecular flexibility index (Phi) is 3.28. The molecular weight excluding hydrogens is 328 g/mol. The second-order valence-electron chi connectivity index (χ2n) is 5.89. The lowest BCUT2D eigenvalue weighted by Crippen LogP contribution is -2.35. The Morgan fingerprint density at radius 2 is 2.00 bits per heavy atom. The number of aryl methyl sites for hydroxylation is 1. The van der Waals surface area contributed by atoms with Gasteiger partial charge in [-0.2, -0.15) is 0 Å². The van der Waals surface area contributed by atoms with Gasteiger partial charge in [0.25, 0.3) is 10.0 Å². The molecule has 0 fully saturated rings. The molecule has 1 aromatic carbocycles. The molecule has 1 unspecified atom stereocenters. The van der Waals surface area contributed by atoms with Crippen molar-refractivity contribution in [1.82, 2.24) is 5.16 Å². The summed E-state index contributed by atoms with van der Waals surface area (Å²) in [5.41, 5.74) is 1.76. The van der Waals surface area contributed by atoms with Crippen LogP contribution < -0.4 is 4.31 Å². The van der Waals surface area contributed by atoms with Crippen LogP contribution in [-0.4, -0.2) is 19.6 Å². The molecule has 7 heteroatoms. The third-order valence-corrected chi connectivity index (χ3v) is 6.27. The first-order chi connectivity index (χ1) is 11.5. The zero-order valence-electron chi connectivity index (χ0n) is 13.3. The molecule has 0 bridgehead atoms. The summed E-state index contributed by atoms with van der Waals surface area (Å²) >= 11 is 0. The summed E-state index contributed by atoms with van der Waals surface area (Å²) in [4.78, 5) is 0.150. The van der Waals surface area contributed by atoms with Crippen LogP contribution >= 0.6 is 0 Å². The van der Waals surface area contributed by atoms with Gasteiger partial charge in [-0.05, 0) is 31.9 Å². The number of rotatable bonds is 3. The standard InChI is InChI=1S/C17H16N2O4S/c1-11-9-13-5-3-4-6-14(13)19(11)24(20,21)17-10-16(22-12(17)2)15-7-8-18-23-15/h3-8,10-11H,9H2,1-2H3. The average molecular weight is 344 g/mol. The summed E-state index contributed by atoms with van der Waals surface area (Å²) in [5, 5.41) is 3.62. The fourth-order valence-electron chi connectivity index (χ4n) is 3.20. The van der Waals surface area contributed by atoms with Crippen LogP contribution in [0.3, 0.4) is 0 Å². The van der Waals surface area contributed by atoms with Gasteiger partial charge in [0.2, 0.25) is 5.76 Å². The van der Waals surface area contributed by atoms with E-state index in [1.165, 1.54) is 16.6 Å². The van der Waals surface area contributed by atoms with Gasteiger partial charge in [0.1, 0.15) is 10.7 Å². The van der Waals surface area contributed by atoms with E-state index in [0.717, 1.165) is 11.3 Å². The summed E-state index contributed by atoms with van der Waals surface area (Å²) < 4.78 is 38.6. The van der Waals surface area contributed by atoms with Crippen molar-refractivity contribution in [2.75, 3.05) is 4.31 Å². The van der Waals surface area contributed by atoms with Gasteiger partial charge in [-0.3, -0.25) is 4.31 Å². The lowest BCUT2D eigenvalue weighted by Gasteiger charge is -2.23. The van der Waals surface area contributed by atoms with E-state index in [9.17, 15) is 8.42 Å². The summed E-state index contributed by atoms with van der Waals surface area (Å²) in [6.07, 6.45) is 2.18. The van der Waals surface area contributed by atoms with E-state index in [0.29, 0.717) is 23.7 Å². The van der Waals surface area contributed by atoms with E-state index in [-0.39, 0.29) is 10.9 Å². The van der Waals surface area contributed by atoms with E-state index in [2.05, 4.69) is 5.16 Å². The topological polar surface area (TPSA) is 76.5 Å². The van der Waals surface area contributed by atoms with E-state index in [4.69, 9.17) is 8.94 Å². The number of hydrogen-bond donors (Lipinski definition) is 0. The van der Waals surface area contributed by atoms with Crippen molar-refractivity contribution >= 4 is 15.7 Å². The minimum Gasteiger partial charge on any atom is -0.456 e. The Labute approximate surface area is 139 Å². The number of fused-ring (bicyclic) bond motifs is 1. The molecule has 1 atom stereocenters. The highest BCUT2D eigenvalue weighted by Crippen LogP contribution is 2.38. The maximum atomic E-state index is 13.2. The number of hydrogen-bond acceptors (Lipinski definition) is 5.